The number of methoxy groups -OCH3 is 1. The van der Waals surface area contributed by atoms with E-state index in [-0.39, 0.29) is 18.5 Å². The predicted molar refractivity (Wildman–Crippen MR) is 80.1 cm³/mol. The molecule has 0 bridgehead atoms. The molecule has 1 saturated heterocycles. The third kappa shape index (κ3) is 3.48. The topological polar surface area (TPSA) is 159 Å². The maximum atomic E-state index is 12.0. The minimum absolute atomic E-state index is 0.122. The van der Waals surface area contributed by atoms with Gasteiger partial charge in [0.1, 0.15) is 6.10 Å². The molecule has 1 aromatic heterocycles. The summed E-state index contributed by atoms with van der Waals surface area (Å²) in [4.78, 5) is 39.7. The smallest absolute Gasteiger partial charge is 0.330 e. The second kappa shape index (κ2) is 7.30. The van der Waals surface area contributed by atoms with Crippen molar-refractivity contribution in [1.29, 1.82) is 0 Å². The van der Waals surface area contributed by atoms with Crippen LogP contribution >= 0.6 is 0 Å². The summed E-state index contributed by atoms with van der Waals surface area (Å²) in [6.45, 7) is 1.38. The molecule has 1 aromatic rings. The van der Waals surface area contributed by atoms with Crippen LogP contribution in [-0.4, -0.2) is 46.5 Å². The molecule has 2 N–H and O–H groups in total. The van der Waals surface area contributed by atoms with E-state index < -0.39 is 41.6 Å². The summed E-state index contributed by atoms with van der Waals surface area (Å²) in [5, 5.41) is 13.9. The second-order valence-corrected chi connectivity index (χ2v) is 5.39. The summed E-state index contributed by atoms with van der Waals surface area (Å²) in [6, 6.07) is 0. The Morgan fingerprint density at radius 2 is 2.29 bits per heavy atom. The molecular formula is C13H17N5O6. The average molecular weight is 339 g/mol. The lowest BCUT2D eigenvalue weighted by atomic mass is 9.94. The molecule has 0 aromatic carbocycles. The number of nitrogens with one attached hydrogen (secondary N) is 1. The van der Waals surface area contributed by atoms with Gasteiger partial charge in [-0.2, -0.15) is 0 Å². The number of hydrogen-bond acceptors (Lipinski definition) is 7. The van der Waals surface area contributed by atoms with E-state index in [0.717, 1.165) is 4.57 Å². The summed E-state index contributed by atoms with van der Waals surface area (Å²) < 4.78 is 11.2. The number of hydrogen-bond donors (Lipinski definition) is 2. The Hall–Kier alpha value is -2.62. The van der Waals surface area contributed by atoms with Gasteiger partial charge < -0.3 is 14.6 Å². The molecule has 0 aliphatic carbocycles. The Labute approximate surface area is 135 Å². The lowest BCUT2D eigenvalue weighted by Crippen LogP contribution is -2.37. The number of aryl methyl sites for hydroxylation is 1. The molecule has 1 aliphatic rings. The zero-order valence-corrected chi connectivity index (χ0v) is 13.1. The number of aliphatic hydroxyl groups is 1. The van der Waals surface area contributed by atoms with Gasteiger partial charge in [-0.25, -0.2) is 4.79 Å². The zero-order valence-electron chi connectivity index (χ0n) is 13.1. The zero-order chi connectivity index (χ0) is 17.9. The van der Waals surface area contributed by atoms with Crippen LogP contribution in [0.3, 0.4) is 0 Å². The number of nitrogens with zero attached hydrogens (tertiary/aromatic N) is 4. The Morgan fingerprint density at radius 3 is 2.92 bits per heavy atom. The van der Waals surface area contributed by atoms with E-state index in [1.54, 1.807) is 0 Å². The highest BCUT2D eigenvalue weighted by molar-refractivity contribution is 5.69. The molecule has 1 aliphatic heterocycles. The van der Waals surface area contributed by atoms with Gasteiger partial charge in [-0.3, -0.25) is 19.1 Å². The molecule has 24 heavy (non-hydrogen) atoms. The van der Waals surface area contributed by atoms with E-state index in [9.17, 15) is 19.5 Å². The molecule has 0 saturated carbocycles. The quantitative estimate of drug-likeness (QED) is 0.321. The van der Waals surface area contributed by atoms with Gasteiger partial charge in [0, 0.05) is 22.6 Å². The molecule has 0 spiro atoms. The Bertz CT molecular complexity index is 780. The number of aliphatic hydroxyl groups excluding tert-OH is 1. The number of aromatic amines is 1. The fourth-order valence-electron chi connectivity index (χ4n) is 2.62. The first-order valence-electron chi connectivity index (χ1n) is 7.12. The number of aromatic nitrogens is 2. The van der Waals surface area contributed by atoms with Crippen LogP contribution in [0, 0.1) is 12.8 Å². The molecule has 2 heterocycles. The van der Waals surface area contributed by atoms with Crippen LogP contribution in [0.4, 0.5) is 0 Å². The lowest BCUT2D eigenvalue weighted by Gasteiger charge is -2.19. The van der Waals surface area contributed by atoms with E-state index in [4.69, 9.17) is 10.3 Å². The van der Waals surface area contributed by atoms with Crippen LogP contribution in [0.2, 0.25) is 0 Å². The Morgan fingerprint density at radius 1 is 1.58 bits per heavy atom. The minimum Gasteiger partial charge on any atom is -0.469 e. The van der Waals surface area contributed by atoms with Crippen LogP contribution in [-0.2, 0) is 14.3 Å². The molecule has 2 rings (SSSR count). The highest BCUT2D eigenvalue weighted by atomic mass is 16.5. The third-order valence-corrected chi connectivity index (χ3v) is 3.90. The van der Waals surface area contributed by atoms with Crippen LogP contribution in [0.1, 0.15) is 18.2 Å². The molecule has 11 nitrogen and oxygen atoms in total. The van der Waals surface area contributed by atoms with Gasteiger partial charge in [0.25, 0.3) is 5.56 Å². The average Bonchev–Trinajstić information content (AvgIpc) is 2.85. The Balaban J connectivity index is 2.36. The maximum absolute atomic E-state index is 12.0. The van der Waals surface area contributed by atoms with Crippen molar-refractivity contribution in [3.05, 3.63) is 43.0 Å². The van der Waals surface area contributed by atoms with Gasteiger partial charge in [0.2, 0.25) is 0 Å². The molecule has 11 heteroatoms. The SMILES string of the molecule is COC(=O)C[C@H]1[C@@H](O)[C@H](n2cc(C)c(=O)[nH]c2=O)O[C@@H]1CN=[N+]=[N-]. The summed E-state index contributed by atoms with van der Waals surface area (Å²) >= 11 is 0. The summed E-state index contributed by atoms with van der Waals surface area (Å²) in [5.41, 5.74) is 7.42. The van der Waals surface area contributed by atoms with Crippen molar-refractivity contribution in [3.8, 4) is 0 Å². The predicted octanol–water partition coefficient (Wildman–Crippen LogP) is -0.407. The number of rotatable bonds is 5. The van der Waals surface area contributed by atoms with Crippen molar-refractivity contribution < 1.29 is 19.4 Å². The molecule has 0 unspecified atom stereocenters. The van der Waals surface area contributed by atoms with Gasteiger partial charge in [0.15, 0.2) is 6.23 Å². The van der Waals surface area contributed by atoms with Gasteiger partial charge in [-0.15, -0.1) is 0 Å². The molecule has 4 atom stereocenters. The fourth-order valence-corrected chi connectivity index (χ4v) is 2.62. The van der Waals surface area contributed by atoms with Crippen molar-refractivity contribution in [1.82, 2.24) is 9.55 Å². The van der Waals surface area contributed by atoms with Gasteiger partial charge >= 0.3 is 11.7 Å². The standard InChI is InChI=1S/C13H17N5O6/c1-6-5-18(13(22)16-11(6)21)12-10(20)7(3-9(19)23-2)8(24-12)4-15-17-14/h5,7-8,10,12,20H,3-4H2,1-2H3,(H,16,21,22)/t7-,8-,10-,12-/m1/s1. The highest BCUT2D eigenvalue weighted by Crippen LogP contribution is 2.35. The van der Waals surface area contributed by atoms with E-state index in [0.29, 0.717) is 0 Å². The molecular weight excluding hydrogens is 322 g/mol. The monoisotopic (exact) mass is 339 g/mol. The summed E-state index contributed by atoms with van der Waals surface area (Å²) in [7, 11) is 1.21. The number of H-pyrrole nitrogens is 1. The first-order valence-corrected chi connectivity index (χ1v) is 7.12. The van der Waals surface area contributed by atoms with Crippen molar-refractivity contribution in [2.45, 2.75) is 31.8 Å². The summed E-state index contributed by atoms with van der Waals surface area (Å²) in [5.74, 6) is -1.30. The van der Waals surface area contributed by atoms with Crippen LogP contribution in [0.25, 0.3) is 10.4 Å². The number of azide groups is 1. The van der Waals surface area contributed by atoms with E-state index in [1.807, 2.05) is 0 Å². The fraction of sp³-hybridized carbons (Fsp3) is 0.615. The second-order valence-electron chi connectivity index (χ2n) is 5.39. The van der Waals surface area contributed by atoms with Crippen molar-refractivity contribution in [3.63, 3.8) is 0 Å². The molecule has 1 fully saturated rings. The number of ether oxygens (including phenoxy) is 2. The normalized spacial score (nSPS) is 26.0. The summed E-state index contributed by atoms with van der Waals surface area (Å²) in [6.07, 6.45) is -2.04. The lowest BCUT2D eigenvalue weighted by molar-refractivity contribution is -0.142. The highest BCUT2D eigenvalue weighted by Gasteiger charge is 2.45. The third-order valence-electron chi connectivity index (χ3n) is 3.90. The van der Waals surface area contributed by atoms with Crippen molar-refractivity contribution in [2.75, 3.05) is 13.7 Å². The van der Waals surface area contributed by atoms with Crippen LogP contribution < -0.4 is 11.2 Å². The first-order chi connectivity index (χ1) is 11.4. The van der Waals surface area contributed by atoms with Crippen molar-refractivity contribution >= 4 is 5.97 Å². The first kappa shape index (κ1) is 17.7. The van der Waals surface area contributed by atoms with Gasteiger partial charge in [-0.05, 0) is 12.5 Å². The molecule has 0 amide bonds. The molecule has 130 valence electrons. The van der Waals surface area contributed by atoms with E-state index in [2.05, 4.69) is 19.7 Å². The Kier molecular flexibility index (Phi) is 5.39. The van der Waals surface area contributed by atoms with Crippen molar-refractivity contribution in [2.24, 2.45) is 11.0 Å². The number of esters is 1. The van der Waals surface area contributed by atoms with E-state index >= 15 is 0 Å². The maximum Gasteiger partial charge on any atom is 0.330 e. The molecule has 0 radical (unpaired) electrons. The van der Waals surface area contributed by atoms with E-state index in [1.165, 1.54) is 20.2 Å². The minimum atomic E-state index is -1.23. The van der Waals surface area contributed by atoms with Crippen LogP contribution in [0.5, 0.6) is 0 Å². The van der Waals surface area contributed by atoms with Gasteiger partial charge in [-0.1, -0.05) is 5.11 Å². The van der Waals surface area contributed by atoms with Crippen LogP contribution in [0.15, 0.2) is 20.9 Å². The number of carbonyl (C=O) groups is 1. The van der Waals surface area contributed by atoms with Gasteiger partial charge in [0.05, 0.1) is 26.2 Å². The number of carbonyl (C=O) groups excluding carboxylic acids is 1. The largest absolute Gasteiger partial charge is 0.469 e.